The molecule has 6 heteroatoms. The zero-order chi connectivity index (χ0) is 22.2. The van der Waals surface area contributed by atoms with Crippen LogP contribution in [0.25, 0.3) is 0 Å². The van der Waals surface area contributed by atoms with Gasteiger partial charge in [0.2, 0.25) is 0 Å². The van der Waals surface area contributed by atoms with Crippen LogP contribution in [0.1, 0.15) is 41.9 Å². The van der Waals surface area contributed by atoms with Gasteiger partial charge in [0, 0.05) is 44.0 Å². The first-order valence-electron chi connectivity index (χ1n) is 12.2. The maximum atomic E-state index is 11.0. The topological polar surface area (TPSA) is 64.5 Å². The molecule has 2 aromatic carbocycles. The molecule has 0 radical (unpaired) electrons. The Labute approximate surface area is 195 Å². The van der Waals surface area contributed by atoms with Crippen LogP contribution in [0, 0.1) is 0 Å². The zero-order valence-electron chi connectivity index (χ0n) is 18.9. The highest BCUT2D eigenvalue weighted by atomic mass is 16.3. The molecule has 33 heavy (non-hydrogen) atoms. The van der Waals surface area contributed by atoms with Crippen molar-refractivity contribution < 1.29 is 5.11 Å². The van der Waals surface area contributed by atoms with Crippen molar-refractivity contribution in [3.8, 4) is 0 Å². The van der Waals surface area contributed by atoms with Crippen molar-refractivity contribution in [3.05, 3.63) is 77.6 Å². The summed E-state index contributed by atoms with van der Waals surface area (Å²) in [5.74, 6) is 2.41. The van der Waals surface area contributed by atoms with E-state index in [0.29, 0.717) is 6.54 Å². The molecule has 0 spiro atoms. The summed E-state index contributed by atoms with van der Waals surface area (Å²) in [7, 11) is 0. The van der Waals surface area contributed by atoms with Crippen LogP contribution in [0.4, 0.5) is 17.3 Å². The molecule has 3 heterocycles. The zero-order valence-corrected chi connectivity index (χ0v) is 18.9. The van der Waals surface area contributed by atoms with Gasteiger partial charge >= 0.3 is 0 Å². The third-order valence-electron chi connectivity index (χ3n) is 7.38. The van der Waals surface area contributed by atoms with Crippen molar-refractivity contribution in [2.24, 2.45) is 0 Å². The largest absolute Gasteiger partial charge is 0.390 e. The first-order chi connectivity index (χ1) is 16.2. The maximum Gasteiger partial charge on any atom is 0.135 e. The average molecular weight is 442 g/mol. The number of rotatable bonds is 5. The van der Waals surface area contributed by atoms with Crippen LogP contribution in [0.15, 0.2) is 60.9 Å². The Balaban J connectivity index is 1.10. The van der Waals surface area contributed by atoms with Crippen LogP contribution >= 0.6 is 0 Å². The Hall–Kier alpha value is -2.96. The van der Waals surface area contributed by atoms with Crippen molar-refractivity contribution in [1.82, 2.24) is 14.9 Å². The summed E-state index contributed by atoms with van der Waals surface area (Å²) in [6.45, 7) is 3.42. The van der Waals surface area contributed by atoms with Gasteiger partial charge in [0.05, 0.1) is 6.10 Å². The van der Waals surface area contributed by atoms with Gasteiger partial charge < -0.3 is 15.3 Å². The molecule has 2 fully saturated rings. The SMILES string of the molecule is OC1CN(c2cc(Nc3ccc(C4CC4)cc3)ncn2)CCC1N1CCc2ccccc2C1. The summed E-state index contributed by atoms with van der Waals surface area (Å²) in [4.78, 5) is 13.6. The van der Waals surface area contributed by atoms with E-state index in [2.05, 4.69) is 73.6 Å². The monoisotopic (exact) mass is 441 g/mol. The quantitative estimate of drug-likeness (QED) is 0.622. The molecule has 0 amide bonds. The molecule has 1 saturated heterocycles. The maximum absolute atomic E-state index is 11.0. The van der Waals surface area contributed by atoms with Crippen molar-refractivity contribution in [2.45, 2.75) is 50.3 Å². The van der Waals surface area contributed by atoms with Crippen molar-refractivity contribution in [2.75, 3.05) is 29.9 Å². The Morgan fingerprint density at radius 1 is 0.909 bits per heavy atom. The lowest BCUT2D eigenvalue weighted by Gasteiger charge is -2.43. The van der Waals surface area contributed by atoms with E-state index < -0.39 is 6.10 Å². The molecule has 2 atom stereocenters. The lowest BCUT2D eigenvalue weighted by Crippen LogP contribution is -2.55. The van der Waals surface area contributed by atoms with Crippen LogP contribution in [0.2, 0.25) is 0 Å². The third-order valence-corrected chi connectivity index (χ3v) is 7.38. The van der Waals surface area contributed by atoms with E-state index in [1.165, 1.54) is 29.5 Å². The predicted octanol–water partition coefficient (Wildman–Crippen LogP) is 4.10. The van der Waals surface area contributed by atoms with Gasteiger partial charge in [-0.25, -0.2) is 9.97 Å². The average Bonchev–Trinajstić information content (AvgIpc) is 3.70. The van der Waals surface area contributed by atoms with Gasteiger partial charge in [-0.1, -0.05) is 36.4 Å². The summed E-state index contributed by atoms with van der Waals surface area (Å²) in [6, 6.07) is 19.5. The third kappa shape index (κ3) is 4.45. The Bertz CT molecular complexity index is 1110. The number of anilines is 3. The molecule has 2 aliphatic heterocycles. The van der Waals surface area contributed by atoms with Crippen molar-refractivity contribution >= 4 is 17.3 Å². The Kier molecular flexibility index (Phi) is 5.48. The molecule has 3 aromatic rings. The van der Waals surface area contributed by atoms with E-state index in [-0.39, 0.29) is 6.04 Å². The first kappa shape index (κ1) is 20.6. The second-order valence-electron chi connectivity index (χ2n) is 9.64. The summed E-state index contributed by atoms with van der Waals surface area (Å²) in [6.07, 6.45) is 5.83. The van der Waals surface area contributed by atoms with Crippen LogP contribution < -0.4 is 10.2 Å². The van der Waals surface area contributed by atoms with E-state index >= 15 is 0 Å². The fourth-order valence-electron chi connectivity index (χ4n) is 5.35. The normalized spacial score (nSPS) is 23.2. The van der Waals surface area contributed by atoms with Gasteiger partial charge in [0.1, 0.15) is 18.0 Å². The van der Waals surface area contributed by atoms with Crippen molar-refractivity contribution in [3.63, 3.8) is 0 Å². The van der Waals surface area contributed by atoms with Gasteiger partial charge in [-0.15, -0.1) is 0 Å². The highest BCUT2D eigenvalue weighted by Gasteiger charge is 2.34. The molecular weight excluding hydrogens is 410 g/mol. The number of nitrogens with zero attached hydrogens (tertiary/aromatic N) is 4. The standard InChI is InChI=1S/C27H31N5O/c33-25-17-32(14-12-24(25)31-13-11-19-3-1-2-4-22(19)16-31)27-15-26(28-18-29-27)30-23-9-7-21(8-10-23)20-5-6-20/h1-4,7-10,15,18,20,24-25,33H,5-6,11-14,16-17H2,(H,28,29,30). The van der Waals surface area contributed by atoms with Crippen LogP contribution in [-0.2, 0) is 13.0 Å². The fraction of sp³-hybridized carbons (Fsp3) is 0.407. The molecule has 0 bridgehead atoms. The number of β-amino-alcohol motifs (C(OH)–C–C–N with tert-alkyl or cyclic N) is 1. The van der Waals surface area contributed by atoms with Gasteiger partial charge in [0.15, 0.2) is 0 Å². The Morgan fingerprint density at radius 2 is 1.73 bits per heavy atom. The Morgan fingerprint density at radius 3 is 2.52 bits per heavy atom. The summed E-state index contributed by atoms with van der Waals surface area (Å²) in [5.41, 5.74) is 5.31. The molecule has 170 valence electrons. The van der Waals surface area contributed by atoms with E-state index in [4.69, 9.17) is 0 Å². The number of benzene rings is 2. The number of aromatic nitrogens is 2. The van der Waals surface area contributed by atoms with Crippen LogP contribution in [-0.4, -0.2) is 51.8 Å². The number of fused-ring (bicyclic) bond motifs is 1. The summed E-state index contributed by atoms with van der Waals surface area (Å²) < 4.78 is 0. The predicted molar refractivity (Wildman–Crippen MR) is 131 cm³/mol. The highest BCUT2D eigenvalue weighted by molar-refractivity contribution is 5.60. The van der Waals surface area contributed by atoms with E-state index in [9.17, 15) is 5.11 Å². The molecule has 2 unspecified atom stereocenters. The second-order valence-corrected chi connectivity index (χ2v) is 9.64. The number of nitrogens with one attached hydrogen (secondary N) is 1. The number of hydrogen-bond donors (Lipinski definition) is 2. The smallest absolute Gasteiger partial charge is 0.135 e. The molecule has 1 aliphatic carbocycles. The van der Waals surface area contributed by atoms with Crippen LogP contribution in [0.3, 0.4) is 0 Å². The lowest BCUT2D eigenvalue weighted by molar-refractivity contribution is 0.0293. The summed E-state index contributed by atoms with van der Waals surface area (Å²) >= 11 is 0. The second kappa shape index (κ2) is 8.76. The van der Waals surface area contributed by atoms with Crippen molar-refractivity contribution in [1.29, 1.82) is 0 Å². The number of hydrogen-bond acceptors (Lipinski definition) is 6. The molecule has 3 aliphatic rings. The molecule has 6 rings (SSSR count). The van der Waals surface area contributed by atoms with E-state index in [1.54, 1.807) is 6.33 Å². The highest BCUT2D eigenvalue weighted by Crippen LogP contribution is 2.40. The van der Waals surface area contributed by atoms with Gasteiger partial charge in [-0.2, -0.15) is 0 Å². The molecule has 2 N–H and O–H groups in total. The fourth-order valence-corrected chi connectivity index (χ4v) is 5.35. The van der Waals surface area contributed by atoms with Gasteiger partial charge in [-0.3, -0.25) is 4.90 Å². The minimum absolute atomic E-state index is 0.194. The lowest BCUT2D eigenvalue weighted by atomic mass is 9.94. The van der Waals surface area contributed by atoms with E-state index in [1.807, 2.05) is 6.07 Å². The van der Waals surface area contributed by atoms with Crippen LogP contribution in [0.5, 0.6) is 0 Å². The molecular formula is C27H31N5O. The number of aliphatic hydroxyl groups excluding tert-OH is 1. The van der Waals surface area contributed by atoms with E-state index in [0.717, 1.165) is 55.7 Å². The molecule has 1 saturated carbocycles. The molecule has 6 nitrogen and oxygen atoms in total. The van der Waals surface area contributed by atoms with Gasteiger partial charge in [-0.05, 0) is 60.4 Å². The minimum Gasteiger partial charge on any atom is -0.390 e. The first-order valence-corrected chi connectivity index (χ1v) is 12.2. The van der Waals surface area contributed by atoms with Gasteiger partial charge in [0.25, 0.3) is 0 Å². The molecule has 1 aromatic heterocycles. The number of aliphatic hydroxyl groups is 1. The number of piperidine rings is 1. The summed E-state index contributed by atoms with van der Waals surface area (Å²) in [5, 5.41) is 14.4. The minimum atomic E-state index is -0.398.